The van der Waals surface area contributed by atoms with E-state index >= 15 is 0 Å². The number of hydrogen-bond acceptors (Lipinski definition) is 3. The van der Waals surface area contributed by atoms with E-state index in [4.69, 9.17) is 5.11 Å². The van der Waals surface area contributed by atoms with Crippen molar-refractivity contribution in [3.63, 3.8) is 0 Å². The minimum atomic E-state index is -4.44. The molecule has 0 fully saturated rings. The summed E-state index contributed by atoms with van der Waals surface area (Å²) in [6, 6.07) is -2.23. The zero-order valence-electron chi connectivity index (χ0n) is 8.82. The molecule has 0 bridgehead atoms. The molecule has 2 heterocycles. The predicted octanol–water partition coefficient (Wildman–Crippen LogP) is 1.89. The first-order valence-electron chi connectivity index (χ1n) is 4.94. The van der Waals surface area contributed by atoms with E-state index in [0.717, 1.165) is 6.20 Å². The first-order valence-corrected chi connectivity index (χ1v) is 4.94. The molecule has 17 heavy (non-hydrogen) atoms. The molecule has 0 radical (unpaired) electrons. The van der Waals surface area contributed by atoms with Gasteiger partial charge in [0.05, 0.1) is 6.20 Å². The second kappa shape index (κ2) is 3.64. The van der Waals surface area contributed by atoms with E-state index < -0.39 is 24.2 Å². The lowest BCUT2D eigenvalue weighted by atomic mass is 10.1. The molecule has 1 aliphatic rings. The van der Waals surface area contributed by atoms with Gasteiger partial charge in [-0.2, -0.15) is 18.3 Å². The molecule has 0 aliphatic carbocycles. The molecule has 0 amide bonds. The molecule has 1 aromatic heterocycles. The number of rotatable bonds is 1. The summed E-state index contributed by atoms with van der Waals surface area (Å²) in [6.07, 6.45) is -3.68. The molecular formula is C9H10F3N3O2. The molecule has 1 aromatic rings. The number of halogens is 3. The molecule has 2 atom stereocenters. The third kappa shape index (κ3) is 1.94. The molecule has 0 unspecified atom stereocenters. The lowest BCUT2D eigenvalue weighted by Crippen LogP contribution is -2.38. The Morgan fingerprint density at radius 2 is 2.29 bits per heavy atom. The van der Waals surface area contributed by atoms with E-state index in [0.29, 0.717) is 4.68 Å². The average Bonchev–Trinajstić information content (AvgIpc) is 2.57. The number of nitrogens with one attached hydrogen (secondary N) is 1. The highest BCUT2D eigenvalue weighted by Gasteiger charge is 2.46. The lowest BCUT2D eigenvalue weighted by molar-refractivity contribution is -0.173. The van der Waals surface area contributed by atoms with Crippen LogP contribution in [0.4, 0.5) is 19.0 Å². The van der Waals surface area contributed by atoms with Crippen molar-refractivity contribution in [2.45, 2.75) is 31.6 Å². The lowest BCUT2D eigenvalue weighted by Gasteiger charge is -2.31. The van der Waals surface area contributed by atoms with Gasteiger partial charge in [-0.3, -0.25) is 0 Å². The summed E-state index contributed by atoms with van der Waals surface area (Å²) in [4.78, 5) is 10.8. The highest BCUT2D eigenvalue weighted by atomic mass is 19.4. The van der Waals surface area contributed by atoms with Crippen molar-refractivity contribution >= 4 is 11.8 Å². The van der Waals surface area contributed by atoms with E-state index in [2.05, 4.69) is 10.4 Å². The second-order valence-corrected chi connectivity index (χ2v) is 4.00. The van der Waals surface area contributed by atoms with Crippen molar-refractivity contribution in [1.82, 2.24) is 9.78 Å². The summed E-state index contributed by atoms with van der Waals surface area (Å²) in [5, 5.41) is 15.1. The highest BCUT2D eigenvalue weighted by Crippen LogP contribution is 2.39. The number of aromatic nitrogens is 2. The standard InChI is InChI=1S/C9H10F3N3O2/c1-4-2-6(9(10,11)12)15-7(14-4)5(3-13-15)8(16)17/h3-4,6,14H,2H2,1H3,(H,16,17)/t4-,6+/m0/s1. The molecule has 0 spiro atoms. The van der Waals surface area contributed by atoms with Crippen molar-refractivity contribution in [2.24, 2.45) is 0 Å². The fourth-order valence-corrected chi connectivity index (χ4v) is 1.90. The summed E-state index contributed by atoms with van der Waals surface area (Å²) < 4.78 is 39.0. The maximum atomic E-state index is 12.8. The SMILES string of the molecule is C[C@H]1C[C@H](C(F)(F)F)n2ncc(C(=O)O)c2N1. The van der Waals surface area contributed by atoms with Crippen LogP contribution in [0.15, 0.2) is 6.20 Å². The van der Waals surface area contributed by atoms with Crippen LogP contribution in [-0.2, 0) is 0 Å². The summed E-state index contributed by atoms with van der Waals surface area (Å²) in [7, 11) is 0. The summed E-state index contributed by atoms with van der Waals surface area (Å²) in [6.45, 7) is 1.57. The smallest absolute Gasteiger partial charge is 0.410 e. The van der Waals surface area contributed by atoms with Crippen LogP contribution < -0.4 is 5.32 Å². The minimum Gasteiger partial charge on any atom is -0.477 e. The molecule has 2 rings (SSSR count). The fourth-order valence-electron chi connectivity index (χ4n) is 1.90. The Bertz CT molecular complexity index is 455. The van der Waals surface area contributed by atoms with Crippen molar-refractivity contribution < 1.29 is 23.1 Å². The van der Waals surface area contributed by atoms with Gasteiger partial charge in [-0.15, -0.1) is 0 Å². The van der Waals surface area contributed by atoms with Crippen molar-refractivity contribution in [3.8, 4) is 0 Å². The Morgan fingerprint density at radius 1 is 1.65 bits per heavy atom. The van der Waals surface area contributed by atoms with E-state index in [1.165, 1.54) is 0 Å². The highest BCUT2D eigenvalue weighted by molar-refractivity contribution is 5.93. The van der Waals surface area contributed by atoms with E-state index in [-0.39, 0.29) is 17.8 Å². The van der Waals surface area contributed by atoms with Gasteiger partial charge in [0, 0.05) is 6.04 Å². The zero-order chi connectivity index (χ0) is 12.8. The molecule has 5 nitrogen and oxygen atoms in total. The van der Waals surface area contributed by atoms with Crippen LogP contribution in [0.25, 0.3) is 0 Å². The van der Waals surface area contributed by atoms with Gasteiger partial charge in [0.1, 0.15) is 11.4 Å². The van der Waals surface area contributed by atoms with Gasteiger partial charge in [-0.1, -0.05) is 0 Å². The predicted molar refractivity (Wildman–Crippen MR) is 52.0 cm³/mol. The van der Waals surface area contributed by atoms with E-state index in [1.54, 1.807) is 6.92 Å². The van der Waals surface area contributed by atoms with Crippen LogP contribution in [0.3, 0.4) is 0 Å². The Hall–Kier alpha value is -1.73. The Balaban J connectivity index is 2.49. The minimum absolute atomic E-state index is 0.0847. The van der Waals surface area contributed by atoms with Crippen LogP contribution in [-0.4, -0.2) is 33.1 Å². The van der Waals surface area contributed by atoms with Gasteiger partial charge < -0.3 is 10.4 Å². The summed E-state index contributed by atoms with van der Waals surface area (Å²) in [5.74, 6) is -1.38. The molecule has 1 aliphatic heterocycles. The first kappa shape index (κ1) is 11.7. The number of alkyl halides is 3. The van der Waals surface area contributed by atoms with Crippen LogP contribution in [0, 0.1) is 0 Å². The second-order valence-electron chi connectivity index (χ2n) is 4.00. The molecular weight excluding hydrogens is 239 g/mol. The summed E-state index contributed by atoms with van der Waals surface area (Å²) in [5.41, 5.74) is -0.245. The maximum Gasteiger partial charge on any atom is 0.410 e. The van der Waals surface area contributed by atoms with Crippen molar-refractivity contribution in [1.29, 1.82) is 0 Å². The van der Waals surface area contributed by atoms with Crippen molar-refractivity contribution in [2.75, 3.05) is 5.32 Å². The quantitative estimate of drug-likeness (QED) is 0.797. The molecule has 0 aromatic carbocycles. The van der Waals surface area contributed by atoms with Gasteiger partial charge in [0.2, 0.25) is 0 Å². The topological polar surface area (TPSA) is 67.2 Å². The largest absolute Gasteiger partial charge is 0.477 e. The molecule has 2 N–H and O–H groups in total. The van der Waals surface area contributed by atoms with Crippen LogP contribution in [0.2, 0.25) is 0 Å². The molecule has 0 saturated carbocycles. The number of carbonyl (C=O) groups is 1. The number of hydrogen-bond donors (Lipinski definition) is 2. The van der Waals surface area contributed by atoms with Gasteiger partial charge in [0.15, 0.2) is 6.04 Å². The first-order chi connectivity index (χ1) is 7.80. The number of aromatic carboxylic acids is 1. The number of carboxylic acids is 1. The fraction of sp³-hybridized carbons (Fsp3) is 0.556. The maximum absolute atomic E-state index is 12.8. The number of carboxylic acid groups (broad SMARTS) is 1. The average molecular weight is 249 g/mol. The third-order valence-corrected chi connectivity index (χ3v) is 2.66. The van der Waals surface area contributed by atoms with Crippen LogP contribution in [0.1, 0.15) is 29.7 Å². The number of anilines is 1. The zero-order valence-corrected chi connectivity index (χ0v) is 8.82. The van der Waals surface area contributed by atoms with Gasteiger partial charge in [-0.05, 0) is 13.3 Å². The van der Waals surface area contributed by atoms with E-state index in [9.17, 15) is 18.0 Å². The molecule has 8 heteroatoms. The normalized spacial score (nSPS) is 24.0. The Morgan fingerprint density at radius 3 is 2.82 bits per heavy atom. The Labute approximate surface area is 94.2 Å². The number of nitrogens with zero attached hydrogens (tertiary/aromatic N) is 2. The van der Waals surface area contributed by atoms with Crippen LogP contribution in [0.5, 0.6) is 0 Å². The summed E-state index contributed by atoms with van der Waals surface area (Å²) >= 11 is 0. The Kier molecular flexibility index (Phi) is 2.52. The number of fused-ring (bicyclic) bond motifs is 1. The third-order valence-electron chi connectivity index (χ3n) is 2.66. The van der Waals surface area contributed by atoms with Gasteiger partial charge in [0.25, 0.3) is 0 Å². The van der Waals surface area contributed by atoms with Crippen LogP contribution >= 0.6 is 0 Å². The van der Waals surface area contributed by atoms with E-state index in [1.807, 2.05) is 0 Å². The van der Waals surface area contributed by atoms with Crippen molar-refractivity contribution in [3.05, 3.63) is 11.8 Å². The van der Waals surface area contributed by atoms with Gasteiger partial charge in [-0.25, -0.2) is 9.48 Å². The van der Waals surface area contributed by atoms with Gasteiger partial charge >= 0.3 is 12.1 Å². The molecule has 0 saturated heterocycles. The monoisotopic (exact) mass is 249 g/mol. The molecule has 94 valence electrons.